The molecule has 1 atom stereocenters. The molecule has 1 aromatic heterocycles. The monoisotopic (exact) mass is 481 g/mol. The zero-order valence-electron chi connectivity index (χ0n) is 19.6. The van der Waals surface area contributed by atoms with Gasteiger partial charge in [0.25, 0.3) is 0 Å². The van der Waals surface area contributed by atoms with Gasteiger partial charge in [-0.05, 0) is 19.1 Å². The number of benzene rings is 3. The van der Waals surface area contributed by atoms with Gasteiger partial charge in [0.1, 0.15) is 11.4 Å². The number of hydrogen-bond donors (Lipinski definition) is 0. The molecule has 3 aromatic carbocycles. The predicted molar refractivity (Wildman–Crippen MR) is 141 cm³/mol. The van der Waals surface area contributed by atoms with E-state index in [0.717, 1.165) is 35.6 Å². The lowest BCUT2D eigenvalue weighted by molar-refractivity contribution is -0.130. The molecule has 0 N–H and O–H groups in total. The van der Waals surface area contributed by atoms with Gasteiger partial charge in [0.15, 0.2) is 0 Å². The van der Waals surface area contributed by atoms with Gasteiger partial charge in [0.05, 0.1) is 5.25 Å². The van der Waals surface area contributed by atoms with Crippen molar-refractivity contribution in [3.05, 3.63) is 91.0 Å². The molecule has 176 valence electrons. The second kappa shape index (κ2) is 10.7. The molecule has 7 heteroatoms. The molecule has 1 aliphatic heterocycles. The summed E-state index contributed by atoms with van der Waals surface area (Å²) in [6.45, 7) is 5.00. The number of nitrogens with zero attached hydrogens (tertiary/aromatic N) is 5. The topological polar surface area (TPSA) is 62.2 Å². The second-order valence-corrected chi connectivity index (χ2v) is 9.74. The van der Waals surface area contributed by atoms with E-state index in [1.807, 2.05) is 90.7 Å². The lowest BCUT2D eigenvalue weighted by atomic mass is 10.0. The average Bonchev–Trinajstić information content (AvgIpc) is 2.94. The van der Waals surface area contributed by atoms with Crippen LogP contribution in [0, 0.1) is 0 Å². The normalized spacial score (nSPS) is 14.5. The van der Waals surface area contributed by atoms with Gasteiger partial charge in [-0.25, -0.2) is 4.98 Å². The van der Waals surface area contributed by atoms with Crippen LogP contribution in [-0.2, 0) is 4.79 Å². The molecule has 1 amide bonds. The Bertz CT molecular complexity index is 1260. The van der Waals surface area contributed by atoms with E-state index in [9.17, 15) is 4.79 Å². The molecule has 1 saturated heterocycles. The summed E-state index contributed by atoms with van der Waals surface area (Å²) < 4.78 is 0. The van der Waals surface area contributed by atoms with E-state index < -0.39 is 0 Å². The maximum Gasteiger partial charge on any atom is 0.236 e. The maximum atomic E-state index is 13.2. The van der Waals surface area contributed by atoms with Crippen molar-refractivity contribution in [2.24, 2.45) is 0 Å². The van der Waals surface area contributed by atoms with Crippen LogP contribution in [0.5, 0.6) is 0 Å². The Morgan fingerprint density at radius 3 is 1.89 bits per heavy atom. The Morgan fingerprint density at radius 2 is 1.29 bits per heavy atom. The third-order valence-corrected chi connectivity index (χ3v) is 7.04. The van der Waals surface area contributed by atoms with Crippen LogP contribution in [-0.4, -0.2) is 57.4 Å². The smallest absolute Gasteiger partial charge is 0.236 e. The molecule has 1 aliphatic rings. The van der Waals surface area contributed by atoms with Gasteiger partial charge >= 0.3 is 0 Å². The Hall–Kier alpha value is -3.71. The van der Waals surface area contributed by atoms with E-state index in [0.29, 0.717) is 18.2 Å². The van der Waals surface area contributed by atoms with Crippen LogP contribution in [0.2, 0.25) is 0 Å². The van der Waals surface area contributed by atoms with Crippen molar-refractivity contribution in [1.29, 1.82) is 0 Å². The summed E-state index contributed by atoms with van der Waals surface area (Å²) in [6, 6.07) is 30.3. The Labute approximate surface area is 210 Å². The highest BCUT2D eigenvalue weighted by molar-refractivity contribution is 8.00. The van der Waals surface area contributed by atoms with Crippen molar-refractivity contribution in [2.75, 3.05) is 31.1 Å². The van der Waals surface area contributed by atoms with Gasteiger partial charge in [0.2, 0.25) is 11.1 Å². The highest BCUT2D eigenvalue weighted by Gasteiger charge is 2.27. The van der Waals surface area contributed by atoms with Crippen LogP contribution in [0.1, 0.15) is 6.92 Å². The number of carbonyl (C=O) groups is 1. The molecule has 0 bridgehead atoms. The number of hydrogen-bond acceptors (Lipinski definition) is 6. The number of thioether (sulfide) groups is 1. The fraction of sp³-hybridized carbons (Fsp3) is 0.214. The van der Waals surface area contributed by atoms with E-state index in [-0.39, 0.29) is 11.2 Å². The first-order chi connectivity index (χ1) is 17.2. The first-order valence-corrected chi connectivity index (χ1v) is 12.7. The second-order valence-electron chi connectivity index (χ2n) is 8.43. The standard InChI is InChI=1S/C28H27N5OS/c1-21(27(34)33-19-17-32(18-20-33)24-15-9-4-10-16-24)35-28-29-25(22-11-5-2-6-12-22)26(30-31-28)23-13-7-3-8-14-23/h2-16,21H,17-20H2,1H3. The first-order valence-electron chi connectivity index (χ1n) is 11.8. The first kappa shape index (κ1) is 23.1. The van der Waals surface area contributed by atoms with Crippen LogP contribution in [0.15, 0.2) is 96.2 Å². The third-order valence-electron chi connectivity index (χ3n) is 6.10. The molecular weight excluding hydrogens is 454 g/mol. The average molecular weight is 482 g/mol. The fourth-order valence-electron chi connectivity index (χ4n) is 4.24. The summed E-state index contributed by atoms with van der Waals surface area (Å²) >= 11 is 1.37. The van der Waals surface area contributed by atoms with Crippen molar-refractivity contribution in [3.8, 4) is 22.5 Å². The van der Waals surface area contributed by atoms with E-state index in [1.165, 1.54) is 17.4 Å². The molecule has 1 fully saturated rings. The lowest BCUT2D eigenvalue weighted by Gasteiger charge is -2.37. The highest BCUT2D eigenvalue weighted by Crippen LogP contribution is 2.31. The lowest BCUT2D eigenvalue weighted by Crippen LogP contribution is -2.50. The Kier molecular flexibility index (Phi) is 7.04. The van der Waals surface area contributed by atoms with Crippen LogP contribution in [0.4, 0.5) is 5.69 Å². The third kappa shape index (κ3) is 5.35. The molecule has 4 aromatic rings. The van der Waals surface area contributed by atoms with Crippen LogP contribution in [0.25, 0.3) is 22.5 Å². The molecule has 0 spiro atoms. The summed E-state index contributed by atoms with van der Waals surface area (Å²) in [4.78, 5) is 22.3. The van der Waals surface area contributed by atoms with Crippen molar-refractivity contribution in [3.63, 3.8) is 0 Å². The number of piperazine rings is 1. The van der Waals surface area contributed by atoms with Gasteiger partial charge in [-0.1, -0.05) is 90.6 Å². The molecular formula is C28H27N5OS. The zero-order valence-corrected chi connectivity index (χ0v) is 20.4. The minimum atomic E-state index is -0.300. The maximum absolute atomic E-state index is 13.2. The predicted octanol–water partition coefficient (Wildman–Crippen LogP) is 5.04. The number of para-hydroxylation sites is 1. The molecule has 6 nitrogen and oxygen atoms in total. The molecule has 0 saturated carbocycles. The summed E-state index contributed by atoms with van der Waals surface area (Å²) in [5.74, 6) is 0.111. The van der Waals surface area contributed by atoms with Gasteiger partial charge in [-0.15, -0.1) is 10.2 Å². The summed E-state index contributed by atoms with van der Waals surface area (Å²) in [6.07, 6.45) is 0. The molecule has 2 heterocycles. The van der Waals surface area contributed by atoms with Crippen molar-refractivity contribution < 1.29 is 4.79 Å². The molecule has 0 radical (unpaired) electrons. The van der Waals surface area contributed by atoms with Crippen molar-refractivity contribution >= 4 is 23.4 Å². The number of anilines is 1. The summed E-state index contributed by atoms with van der Waals surface area (Å²) in [5, 5.41) is 9.12. The van der Waals surface area contributed by atoms with Gasteiger partial charge in [-0.3, -0.25) is 4.79 Å². The van der Waals surface area contributed by atoms with E-state index in [4.69, 9.17) is 4.98 Å². The van der Waals surface area contributed by atoms with Crippen molar-refractivity contribution in [2.45, 2.75) is 17.3 Å². The highest BCUT2D eigenvalue weighted by atomic mass is 32.2. The molecule has 5 rings (SSSR count). The number of amides is 1. The van der Waals surface area contributed by atoms with E-state index >= 15 is 0 Å². The van der Waals surface area contributed by atoms with Gasteiger partial charge < -0.3 is 9.80 Å². The largest absolute Gasteiger partial charge is 0.368 e. The Morgan fingerprint density at radius 1 is 0.743 bits per heavy atom. The molecule has 1 unspecified atom stereocenters. The fourth-order valence-corrected chi connectivity index (χ4v) is 5.04. The van der Waals surface area contributed by atoms with Gasteiger partial charge in [-0.2, -0.15) is 0 Å². The molecule has 0 aliphatic carbocycles. The van der Waals surface area contributed by atoms with Crippen molar-refractivity contribution in [1.82, 2.24) is 20.1 Å². The van der Waals surface area contributed by atoms with Crippen LogP contribution >= 0.6 is 11.8 Å². The summed E-state index contributed by atoms with van der Waals surface area (Å²) in [5.41, 5.74) is 4.64. The SMILES string of the molecule is CC(Sc1nnc(-c2ccccc2)c(-c2ccccc2)n1)C(=O)N1CCN(c2ccccc2)CC1. The Balaban J connectivity index is 1.30. The van der Waals surface area contributed by atoms with Crippen LogP contribution in [0.3, 0.4) is 0 Å². The zero-order chi connectivity index (χ0) is 24.0. The quantitative estimate of drug-likeness (QED) is 0.360. The minimum Gasteiger partial charge on any atom is -0.368 e. The number of aromatic nitrogens is 3. The van der Waals surface area contributed by atoms with E-state index in [1.54, 1.807) is 0 Å². The van der Waals surface area contributed by atoms with Crippen LogP contribution < -0.4 is 4.90 Å². The number of carbonyl (C=O) groups excluding carboxylic acids is 1. The van der Waals surface area contributed by atoms with Gasteiger partial charge in [0, 0.05) is 43.0 Å². The minimum absolute atomic E-state index is 0.111. The summed E-state index contributed by atoms with van der Waals surface area (Å²) in [7, 11) is 0. The van der Waals surface area contributed by atoms with E-state index in [2.05, 4.69) is 27.2 Å². The number of rotatable bonds is 6. The molecule has 35 heavy (non-hydrogen) atoms.